The van der Waals surface area contributed by atoms with Crippen LogP contribution < -0.4 is 0 Å². The number of nitrogens with zero attached hydrogens (tertiary/aromatic N) is 4. The van der Waals surface area contributed by atoms with Gasteiger partial charge in [0, 0.05) is 10.5 Å². The first-order valence-corrected chi connectivity index (χ1v) is 7.71. The van der Waals surface area contributed by atoms with Gasteiger partial charge in [0.25, 0.3) is 5.78 Å². The molecule has 0 aliphatic heterocycles. The summed E-state index contributed by atoms with van der Waals surface area (Å²) in [5.74, 6) is 0.611. The fourth-order valence-corrected chi connectivity index (χ4v) is 3.14. The Morgan fingerprint density at radius 3 is 2.36 bits per heavy atom. The minimum Gasteiger partial charge on any atom is -0.211 e. The Morgan fingerprint density at radius 2 is 1.59 bits per heavy atom. The molecule has 0 aliphatic carbocycles. The highest BCUT2D eigenvalue weighted by atomic mass is 32.2. The van der Waals surface area contributed by atoms with Crippen molar-refractivity contribution in [2.45, 2.75) is 9.92 Å². The third kappa shape index (κ3) is 2.46. The van der Waals surface area contributed by atoms with Gasteiger partial charge in [-0.1, -0.05) is 60.3 Å². The Hall–Kier alpha value is -2.66. The van der Waals surface area contributed by atoms with E-state index in [0.29, 0.717) is 5.78 Å². The highest BCUT2D eigenvalue weighted by Crippen LogP contribution is 2.30. The van der Waals surface area contributed by atoms with Crippen LogP contribution in [0.3, 0.4) is 0 Å². The van der Waals surface area contributed by atoms with E-state index in [1.54, 1.807) is 16.3 Å². The summed E-state index contributed by atoms with van der Waals surface area (Å²) in [6.07, 6.45) is 1.53. The van der Waals surface area contributed by atoms with Gasteiger partial charge in [-0.3, -0.25) is 0 Å². The van der Waals surface area contributed by atoms with Crippen LogP contribution in [0.25, 0.3) is 17.0 Å². The zero-order chi connectivity index (χ0) is 14.8. The van der Waals surface area contributed by atoms with Gasteiger partial charge >= 0.3 is 0 Å². The number of benzene rings is 2. The molecule has 4 nitrogen and oxygen atoms in total. The SMILES string of the molecule is c1ccc(Sc2cc(-c3ccccc3)nc3ncnn23)cc1. The lowest BCUT2D eigenvalue weighted by molar-refractivity contribution is 0.844. The van der Waals surface area contributed by atoms with Crippen LogP contribution in [0.2, 0.25) is 0 Å². The van der Waals surface area contributed by atoms with Crippen LogP contribution >= 0.6 is 11.8 Å². The van der Waals surface area contributed by atoms with Crippen molar-refractivity contribution in [3.05, 3.63) is 73.1 Å². The first kappa shape index (κ1) is 13.0. The maximum absolute atomic E-state index is 4.58. The summed E-state index contributed by atoms with van der Waals surface area (Å²) < 4.78 is 1.77. The van der Waals surface area contributed by atoms with Crippen LogP contribution in [-0.2, 0) is 0 Å². The second-order valence-electron chi connectivity index (χ2n) is 4.73. The second-order valence-corrected chi connectivity index (χ2v) is 5.83. The summed E-state index contributed by atoms with van der Waals surface area (Å²) in [7, 11) is 0. The van der Waals surface area contributed by atoms with E-state index in [0.717, 1.165) is 21.2 Å². The Bertz CT molecular complexity index is 904. The lowest BCUT2D eigenvalue weighted by atomic mass is 10.1. The van der Waals surface area contributed by atoms with Gasteiger partial charge in [-0.2, -0.15) is 14.6 Å². The Balaban J connectivity index is 1.84. The topological polar surface area (TPSA) is 43.1 Å². The minimum absolute atomic E-state index is 0.611. The van der Waals surface area contributed by atoms with Crippen LogP contribution in [0.4, 0.5) is 0 Å². The fraction of sp³-hybridized carbons (Fsp3) is 0. The zero-order valence-corrected chi connectivity index (χ0v) is 12.4. The standard InChI is InChI=1S/C17H12N4S/c1-3-7-13(8-4-1)15-11-16(21-17(20-15)18-12-19-21)22-14-9-5-2-6-10-14/h1-12H. The molecule has 0 unspecified atom stereocenters. The molecule has 0 aliphatic rings. The van der Waals surface area contributed by atoms with Crippen LogP contribution in [0.5, 0.6) is 0 Å². The normalized spacial score (nSPS) is 10.9. The number of rotatable bonds is 3. The Labute approximate surface area is 131 Å². The van der Waals surface area contributed by atoms with Gasteiger partial charge < -0.3 is 0 Å². The molecule has 0 spiro atoms. The van der Waals surface area contributed by atoms with E-state index in [2.05, 4.69) is 33.3 Å². The predicted molar refractivity (Wildman–Crippen MR) is 86.8 cm³/mol. The summed E-state index contributed by atoms with van der Waals surface area (Å²) >= 11 is 1.65. The highest BCUT2D eigenvalue weighted by molar-refractivity contribution is 7.99. The minimum atomic E-state index is 0.611. The van der Waals surface area contributed by atoms with Crippen LogP contribution in [0.1, 0.15) is 0 Å². The van der Waals surface area contributed by atoms with Crippen LogP contribution in [-0.4, -0.2) is 19.6 Å². The molecule has 0 bridgehead atoms. The summed E-state index contributed by atoms with van der Waals surface area (Å²) in [6, 6.07) is 22.4. The lowest BCUT2D eigenvalue weighted by Crippen LogP contribution is -1.97. The van der Waals surface area contributed by atoms with Crippen molar-refractivity contribution in [2.75, 3.05) is 0 Å². The lowest BCUT2D eigenvalue weighted by Gasteiger charge is -2.07. The molecule has 0 amide bonds. The van der Waals surface area contributed by atoms with Crippen molar-refractivity contribution in [3.8, 4) is 11.3 Å². The van der Waals surface area contributed by atoms with E-state index >= 15 is 0 Å². The predicted octanol–water partition coefficient (Wildman–Crippen LogP) is 3.94. The van der Waals surface area contributed by atoms with Gasteiger partial charge in [0.05, 0.1) is 5.69 Å². The summed E-state index contributed by atoms with van der Waals surface area (Å²) in [4.78, 5) is 9.98. The highest BCUT2D eigenvalue weighted by Gasteiger charge is 2.10. The van der Waals surface area contributed by atoms with Crippen molar-refractivity contribution < 1.29 is 0 Å². The molecule has 2 aromatic carbocycles. The van der Waals surface area contributed by atoms with Crippen molar-refractivity contribution in [3.63, 3.8) is 0 Å². The molecular weight excluding hydrogens is 292 g/mol. The van der Waals surface area contributed by atoms with Crippen molar-refractivity contribution in [1.29, 1.82) is 0 Å². The van der Waals surface area contributed by atoms with E-state index in [4.69, 9.17) is 0 Å². The first-order valence-electron chi connectivity index (χ1n) is 6.89. The van der Waals surface area contributed by atoms with E-state index in [1.807, 2.05) is 48.5 Å². The molecule has 2 aromatic heterocycles. The van der Waals surface area contributed by atoms with Gasteiger partial charge in [0.15, 0.2) is 0 Å². The summed E-state index contributed by atoms with van der Waals surface area (Å²) in [6.45, 7) is 0. The molecule has 4 aromatic rings. The number of hydrogen-bond donors (Lipinski definition) is 0. The molecule has 106 valence electrons. The Kier molecular flexibility index (Phi) is 3.33. The van der Waals surface area contributed by atoms with Gasteiger partial charge in [-0.25, -0.2) is 4.98 Å². The maximum Gasteiger partial charge on any atom is 0.253 e. The van der Waals surface area contributed by atoms with Crippen molar-refractivity contribution in [1.82, 2.24) is 19.6 Å². The Morgan fingerprint density at radius 1 is 0.864 bits per heavy atom. The third-order valence-corrected chi connectivity index (χ3v) is 4.26. The zero-order valence-electron chi connectivity index (χ0n) is 11.6. The molecular formula is C17H12N4S. The van der Waals surface area contributed by atoms with Gasteiger partial charge in [0.2, 0.25) is 0 Å². The molecule has 0 saturated heterocycles. The molecule has 22 heavy (non-hydrogen) atoms. The maximum atomic E-state index is 4.58. The molecule has 4 rings (SSSR count). The number of hydrogen-bond acceptors (Lipinski definition) is 4. The van der Waals surface area contributed by atoms with Gasteiger partial charge in [0.1, 0.15) is 11.4 Å². The molecule has 0 fully saturated rings. The first-order chi connectivity index (χ1) is 10.9. The van der Waals surface area contributed by atoms with Crippen molar-refractivity contribution in [2.24, 2.45) is 0 Å². The molecule has 2 heterocycles. The van der Waals surface area contributed by atoms with Gasteiger partial charge in [-0.15, -0.1) is 0 Å². The molecule has 0 radical (unpaired) electrons. The molecule has 0 N–H and O–H groups in total. The molecule has 5 heteroatoms. The van der Waals surface area contributed by atoms with E-state index < -0.39 is 0 Å². The average Bonchev–Trinajstić information content (AvgIpc) is 3.05. The number of aromatic nitrogens is 4. The molecule has 0 saturated carbocycles. The van der Waals surface area contributed by atoms with Crippen LogP contribution in [0, 0.1) is 0 Å². The van der Waals surface area contributed by atoms with E-state index in [-0.39, 0.29) is 0 Å². The fourth-order valence-electron chi connectivity index (χ4n) is 2.22. The monoisotopic (exact) mass is 304 g/mol. The molecule has 0 atom stereocenters. The van der Waals surface area contributed by atoms with E-state index in [1.165, 1.54) is 6.33 Å². The van der Waals surface area contributed by atoms with Crippen molar-refractivity contribution >= 4 is 17.5 Å². The third-order valence-electron chi connectivity index (χ3n) is 3.25. The largest absolute Gasteiger partial charge is 0.253 e. The second kappa shape index (κ2) is 5.61. The average molecular weight is 304 g/mol. The smallest absolute Gasteiger partial charge is 0.211 e. The summed E-state index contributed by atoms with van der Waals surface area (Å²) in [5.41, 5.74) is 1.97. The quantitative estimate of drug-likeness (QED) is 0.538. The summed E-state index contributed by atoms with van der Waals surface area (Å²) in [5, 5.41) is 5.26. The number of fused-ring (bicyclic) bond motifs is 1. The van der Waals surface area contributed by atoms with E-state index in [9.17, 15) is 0 Å². The van der Waals surface area contributed by atoms with Crippen LogP contribution in [0.15, 0.2) is 83.0 Å². The van der Waals surface area contributed by atoms with Gasteiger partial charge in [-0.05, 0) is 18.2 Å².